The van der Waals surface area contributed by atoms with Gasteiger partial charge < -0.3 is 10.2 Å². The molecule has 0 saturated carbocycles. The normalized spacial score (nSPS) is 10.8. The van der Waals surface area contributed by atoms with E-state index >= 15 is 0 Å². The molecule has 5 heteroatoms. The predicted octanol–water partition coefficient (Wildman–Crippen LogP) is 4.89. The number of nitrogens with zero attached hydrogens (tertiary/aromatic N) is 3. The smallest absolute Gasteiger partial charge is 0.274 e. The van der Waals surface area contributed by atoms with Crippen LogP contribution < -0.4 is 5.32 Å². The average molecular weight is 374 g/mol. The number of aromatic nitrogens is 2. The first kappa shape index (κ1) is 19.5. The highest BCUT2D eigenvalue weighted by Crippen LogP contribution is 2.20. The van der Waals surface area contributed by atoms with E-state index in [9.17, 15) is 4.79 Å². The van der Waals surface area contributed by atoms with E-state index in [0.717, 1.165) is 16.8 Å². The zero-order valence-electron chi connectivity index (χ0n) is 16.8. The molecule has 0 unspecified atom stereocenters. The molecule has 1 N–H and O–H groups in total. The van der Waals surface area contributed by atoms with Gasteiger partial charge in [0.25, 0.3) is 5.91 Å². The molecule has 0 atom stereocenters. The zero-order valence-corrected chi connectivity index (χ0v) is 16.8. The topological polar surface area (TPSA) is 58.1 Å². The predicted molar refractivity (Wildman–Crippen MR) is 113 cm³/mol. The fraction of sp³-hybridized carbons (Fsp3) is 0.261. The molecule has 2 aromatic carbocycles. The quantitative estimate of drug-likeness (QED) is 0.667. The molecule has 144 valence electrons. The fourth-order valence-corrected chi connectivity index (χ4v) is 2.93. The number of hydrogen-bond acceptors (Lipinski definition) is 4. The molecule has 28 heavy (non-hydrogen) atoms. The minimum Gasteiger partial charge on any atom is -0.339 e. The molecule has 5 nitrogen and oxygen atoms in total. The van der Waals surface area contributed by atoms with Gasteiger partial charge in [-0.15, -0.1) is 0 Å². The first-order valence-corrected chi connectivity index (χ1v) is 9.45. The van der Waals surface area contributed by atoms with Crippen molar-refractivity contribution in [3.63, 3.8) is 0 Å². The SMILES string of the molecule is Cc1ccc(C)c(Nc2cnc(C(=O)N(Cc3ccccc3)C(C)C)cn2)c1. The largest absolute Gasteiger partial charge is 0.339 e. The van der Waals surface area contributed by atoms with Crippen molar-refractivity contribution in [1.82, 2.24) is 14.9 Å². The molecular weight excluding hydrogens is 348 g/mol. The second kappa shape index (κ2) is 8.65. The Hall–Kier alpha value is -3.21. The summed E-state index contributed by atoms with van der Waals surface area (Å²) in [5, 5.41) is 3.27. The third-order valence-corrected chi connectivity index (χ3v) is 4.61. The number of carbonyl (C=O) groups is 1. The van der Waals surface area contributed by atoms with Crippen LogP contribution in [0.15, 0.2) is 60.9 Å². The van der Waals surface area contributed by atoms with Crippen molar-refractivity contribution in [2.45, 2.75) is 40.3 Å². The Bertz CT molecular complexity index is 937. The maximum Gasteiger partial charge on any atom is 0.274 e. The summed E-state index contributed by atoms with van der Waals surface area (Å²) in [6, 6.07) is 16.2. The van der Waals surface area contributed by atoms with Crippen molar-refractivity contribution < 1.29 is 4.79 Å². The highest BCUT2D eigenvalue weighted by Gasteiger charge is 2.20. The number of rotatable bonds is 6. The molecule has 0 saturated heterocycles. The zero-order chi connectivity index (χ0) is 20.1. The molecule has 3 aromatic rings. The maximum absolute atomic E-state index is 13.0. The molecular formula is C23H26N4O. The molecule has 3 rings (SSSR count). The minimum absolute atomic E-state index is 0.0576. The molecule has 0 aliphatic carbocycles. The molecule has 0 radical (unpaired) electrons. The Labute approximate surface area is 166 Å². The van der Waals surface area contributed by atoms with Crippen LogP contribution in [0.5, 0.6) is 0 Å². The van der Waals surface area contributed by atoms with Gasteiger partial charge in [0.15, 0.2) is 0 Å². The number of benzene rings is 2. The van der Waals surface area contributed by atoms with Crippen LogP contribution in [0.3, 0.4) is 0 Å². The van der Waals surface area contributed by atoms with Crippen molar-refractivity contribution in [3.8, 4) is 0 Å². The molecule has 0 bridgehead atoms. The highest BCUT2D eigenvalue weighted by atomic mass is 16.2. The summed E-state index contributed by atoms with van der Waals surface area (Å²) in [5.41, 5.74) is 4.71. The van der Waals surface area contributed by atoms with Crippen molar-refractivity contribution >= 4 is 17.4 Å². The van der Waals surface area contributed by atoms with Gasteiger partial charge in [-0.2, -0.15) is 0 Å². The first-order valence-electron chi connectivity index (χ1n) is 9.45. The van der Waals surface area contributed by atoms with Gasteiger partial charge in [0.1, 0.15) is 11.5 Å². The molecule has 0 fully saturated rings. The molecule has 1 heterocycles. The fourth-order valence-electron chi connectivity index (χ4n) is 2.93. The van der Waals surface area contributed by atoms with Crippen LogP contribution in [0, 0.1) is 13.8 Å². The Balaban J connectivity index is 1.75. The van der Waals surface area contributed by atoms with Crippen LogP contribution in [0.25, 0.3) is 0 Å². The van der Waals surface area contributed by atoms with E-state index in [0.29, 0.717) is 18.1 Å². The van der Waals surface area contributed by atoms with Crippen LogP contribution in [-0.4, -0.2) is 26.8 Å². The monoisotopic (exact) mass is 374 g/mol. The number of carbonyl (C=O) groups excluding carboxylic acids is 1. The van der Waals surface area contributed by atoms with Crippen LogP contribution in [0.2, 0.25) is 0 Å². The summed E-state index contributed by atoms with van der Waals surface area (Å²) in [7, 11) is 0. The Morgan fingerprint density at radius 3 is 2.43 bits per heavy atom. The summed E-state index contributed by atoms with van der Waals surface area (Å²) in [6.45, 7) is 8.64. The van der Waals surface area contributed by atoms with Gasteiger partial charge in [-0.25, -0.2) is 9.97 Å². The van der Waals surface area contributed by atoms with E-state index in [4.69, 9.17) is 0 Å². The van der Waals surface area contributed by atoms with Gasteiger partial charge in [0.2, 0.25) is 0 Å². The van der Waals surface area contributed by atoms with Crippen molar-refractivity contribution in [2.24, 2.45) is 0 Å². The van der Waals surface area contributed by atoms with Crippen LogP contribution >= 0.6 is 0 Å². The molecule has 1 aromatic heterocycles. The second-order valence-corrected chi connectivity index (χ2v) is 7.24. The summed E-state index contributed by atoms with van der Waals surface area (Å²) in [6.07, 6.45) is 3.15. The Morgan fingerprint density at radius 1 is 1.04 bits per heavy atom. The Kier molecular flexibility index (Phi) is 6.04. The average Bonchev–Trinajstić information content (AvgIpc) is 2.69. The van der Waals surface area contributed by atoms with E-state index < -0.39 is 0 Å². The second-order valence-electron chi connectivity index (χ2n) is 7.24. The summed E-state index contributed by atoms with van der Waals surface area (Å²) in [4.78, 5) is 23.5. The van der Waals surface area contributed by atoms with Gasteiger partial charge >= 0.3 is 0 Å². The molecule has 0 aliphatic heterocycles. The van der Waals surface area contributed by atoms with Crippen molar-refractivity contribution in [2.75, 3.05) is 5.32 Å². The van der Waals surface area contributed by atoms with Crippen molar-refractivity contribution in [1.29, 1.82) is 0 Å². The number of amides is 1. The van der Waals surface area contributed by atoms with E-state index in [1.807, 2.05) is 58.0 Å². The van der Waals surface area contributed by atoms with Gasteiger partial charge in [0.05, 0.1) is 12.4 Å². The molecule has 0 aliphatic rings. The lowest BCUT2D eigenvalue weighted by atomic mass is 10.1. The van der Waals surface area contributed by atoms with Crippen LogP contribution in [-0.2, 0) is 6.54 Å². The third kappa shape index (κ3) is 4.74. The lowest BCUT2D eigenvalue weighted by Gasteiger charge is -2.26. The van der Waals surface area contributed by atoms with E-state index in [1.165, 1.54) is 11.8 Å². The highest BCUT2D eigenvalue weighted by molar-refractivity contribution is 5.92. The molecule has 1 amide bonds. The van der Waals surface area contributed by atoms with Crippen LogP contribution in [0.1, 0.15) is 41.0 Å². The van der Waals surface area contributed by atoms with E-state index in [1.54, 1.807) is 11.1 Å². The first-order chi connectivity index (χ1) is 13.4. The minimum atomic E-state index is -0.121. The van der Waals surface area contributed by atoms with Gasteiger partial charge in [-0.1, -0.05) is 42.5 Å². The van der Waals surface area contributed by atoms with E-state index in [2.05, 4.69) is 33.5 Å². The number of aryl methyl sites for hydroxylation is 2. The Morgan fingerprint density at radius 2 is 1.79 bits per heavy atom. The lowest BCUT2D eigenvalue weighted by molar-refractivity contribution is 0.0684. The van der Waals surface area contributed by atoms with Gasteiger partial charge in [-0.3, -0.25) is 4.79 Å². The maximum atomic E-state index is 13.0. The summed E-state index contributed by atoms with van der Waals surface area (Å²) >= 11 is 0. The summed E-state index contributed by atoms with van der Waals surface area (Å²) in [5.74, 6) is 0.494. The third-order valence-electron chi connectivity index (χ3n) is 4.61. The lowest BCUT2D eigenvalue weighted by Crippen LogP contribution is -2.36. The number of nitrogens with one attached hydrogen (secondary N) is 1. The van der Waals surface area contributed by atoms with Gasteiger partial charge in [-0.05, 0) is 50.5 Å². The molecule has 0 spiro atoms. The summed E-state index contributed by atoms with van der Waals surface area (Å²) < 4.78 is 0. The van der Waals surface area contributed by atoms with Crippen molar-refractivity contribution in [3.05, 3.63) is 83.3 Å². The standard InChI is InChI=1S/C23H26N4O/c1-16(2)27(15-19-8-6-5-7-9-19)23(28)21-13-25-22(14-24-21)26-20-12-17(3)10-11-18(20)4/h5-14,16H,15H2,1-4H3,(H,25,26). The number of hydrogen-bond donors (Lipinski definition) is 1. The van der Waals surface area contributed by atoms with Gasteiger partial charge in [0, 0.05) is 18.3 Å². The number of anilines is 2. The van der Waals surface area contributed by atoms with E-state index in [-0.39, 0.29) is 11.9 Å². The van der Waals surface area contributed by atoms with Crippen LogP contribution in [0.4, 0.5) is 11.5 Å².